The van der Waals surface area contributed by atoms with E-state index in [1.807, 2.05) is 31.2 Å². The Hall–Kier alpha value is -2.08. The van der Waals surface area contributed by atoms with Crippen LogP contribution in [0.25, 0.3) is 11.0 Å². The lowest BCUT2D eigenvalue weighted by molar-refractivity contribution is 0.117. The van der Waals surface area contributed by atoms with E-state index in [4.69, 9.17) is 27.9 Å². The summed E-state index contributed by atoms with van der Waals surface area (Å²) in [4.78, 5) is 9.03. The first-order chi connectivity index (χ1) is 12.0. The van der Waals surface area contributed by atoms with Gasteiger partial charge in [-0.3, -0.25) is 0 Å². The van der Waals surface area contributed by atoms with Gasteiger partial charge in [-0.2, -0.15) is 0 Å². The second-order valence-corrected chi connectivity index (χ2v) is 6.33. The van der Waals surface area contributed by atoms with Crippen molar-refractivity contribution in [3.05, 3.63) is 58.2 Å². The van der Waals surface area contributed by atoms with Gasteiger partial charge in [-0.25, -0.2) is 9.97 Å². The first kappa shape index (κ1) is 17.7. The number of nitrogens with zero attached hydrogens (tertiary/aromatic N) is 2. The Balaban J connectivity index is 1.59. The summed E-state index contributed by atoms with van der Waals surface area (Å²) < 4.78 is 5.53. The largest absolute Gasteiger partial charge is 0.489 e. The molecule has 0 bridgehead atoms. The molecule has 0 aliphatic heterocycles. The zero-order valence-corrected chi connectivity index (χ0v) is 15.1. The van der Waals surface area contributed by atoms with E-state index in [-0.39, 0.29) is 13.2 Å². The molecule has 3 rings (SSSR count). The highest BCUT2D eigenvalue weighted by atomic mass is 35.5. The molecule has 1 aromatic heterocycles. The molecule has 1 heterocycles. The number of hydrogen-bond donors (Lipinski definition) is 2. The molecular weight excluding hydrogens is 361 g/mol. The summed E-state index contributed by atoms with van der Waals surface area (Å²) in [6, 6.07) is 12.8. The molecule has 0 fully saturated rings. The number of anilines is 1. The van der Waals surface area contributed by atoms with Crippen LogP contribution in [-0.2, 0) is 0 Å². The molecule has 25 heavy (non-hydrogen) atoms. The third kappa shape index (κ3) is 4.31. The third-order valence-corrected chi connectivity index (χ3v) is 4.40. The number of aryl methyl sites for hydroxylation is 1. The molecule has 3 aromatic rings. The molecule has 0 saturated carbocycles. The van der Waals surface area contributed by atoms with Crippen LogP contribution in [0.5, 0.6) is 5.75 Å². The Morgan fingerprint density at radius 2 is 1.80 bits per heavy atom. The van der Waals surface area contributed by atoms with Crippen LogP contribution in [0.3, 0.4) is 0 Å². The zero-order chi connectivity index (χ0) is 17.8. The topological polar surface area (TPSA) is 67.3 Å². The number of benzene rings is 2. The van der Waals surface area contributed by atoms with Crippen molar-refractivity contribution in [2.75, 3.05) is 18.5 Å². The van der Waals surface area contributed by atoms with Crippen LogP contribution in [0.2, 0.25) is 10.0 Å². The number of aliphatic hydroxyl groups excluding tert-OH is 1. The standard InChI is InChI=1S/C18H17Cl2N3O2/c1-11-18(23-15-7-3-2-6-14(15)22-11)21-9-12(24)10-25-16-8-4-5-13(19)17(16)20/h2-8,12,24H,9-10H2,1H3,(H,21,23). The lowest BCUT2D eigenvalue weighted by Crippen LogP contribution is -2.27. The number of ether oxygens (including phenoxy) is 1. The molecule has 0 aliphatic carbocycles. The minimum atomic E-state index is -0.747. The number of para-hydroxylation sites is 2. The highest BCUT2D eigenvalue weighted by Crippen LogP contribution is 2.31. The highest BCUT2D eigenvalue weighted by molar-refractivity contribution is 6.42. The molecule has 0 aliphatic rings. The van der Waals surface area contributed by atoms with Crippen LogP contribution in [0.4, 0.5) is 5.82 Å². The van der Waals surface area contributed by atoms with Crippen LogP contribution >= 0.6 is 23.2 Å². The molecule has 2 aromatic carbocycles. The van der Waals surface area contributed by atoms with Gasteiger partial charge in [-0.05, 0) is 31.2 Å². The summed E-state index contributed by atoms with van der Waals surface area (Å²) in [7, 11) is 0. The second-order valence-electron chi connectivity index (χ2n) is 5.54. The van der Waals surface area contributed by atoms with Crippen LogP contribution < -0.4 is 10.1 Å². The number of fused-ring (bicyclic) bond motifs is 1. The van der Waals surface area contributed by atoms with E-state index >= 15 is 0 Å². The number of halogens is 2. The predicted octanol–water partition coefficient (Wildman–Crippen LogP) is 4.10. The third-order valence-electron chi connectivity index (χ3n) is 3.60. The minimum Gasteiger partial charge on any atom is -0.489 e. The van der Waals surface area contributed by atoms with E-state index in [9.17, 15) is 5.11 Å². The predicted molar refractivity (Wildman–Crippen MR) is 101 cm³/mol. The summed E-state index contributed by atoms with van der Waals surface area (Å²) in [5, 5.41) is 14.0. The average molecular weight is 378 g/mol. The van der Waals surface area contributed by atoms with E-state index in [1.54, 1.807) is 18.2 Å². The number of rotatable bonds is 6. The molecule has 0 saturated heterocycles. The normalized spacial score (nSPS) is 12.2. The van der Waals surface area contributed by atoms with E-state index in [2.05, 4.69) is 15.3 Å². The second kappa shape index (κ2) is 7.87. The van der Waals surface area contributed by atoms with Gasteiger partial charge in [0, 0.05) is 6.54 Å². The molecule has 0 spiro atoms. The Labute approximate surface area is 155 Å². The number of nitrogens with one attached hydrogen (secondary N) is 1. The molecule has 1 atom stereocenters. The number of aliphatic hydroxyl groups is 1. The van der Waals surface area contributed by atoms with E-state index in [1.165, 1.54) is 0 Å². The van der Waals surface area contributed by atoms with Gasteiger partial charge < -0.3 is 15.2 Å². The van der Waals surface area contributed by atoms with Crippen LogP contribution in [-0.4, -0.2) is 34.3 Å². The Morgan fingerprint density at radius 1 is 1.08 bits per heavy atom. The van der Waals surface area contributed by atoms with E-state index in [0.29, 0.717) is 21.6 Å². The van der Waals surface area contributed by atoms with Crippen molar-refractivity contribution in [1.29, 1.82) is 0 Å². The molecule has 7 heteroatoms. The van der Waals surface area contributed by atoms with E-state index in [0.717, 1.165) is 16.7 Å². The maximum atomic E-state index is 10.1. The van der Waals surface area contributed by atoms with Gasteiger partial charge in [0.25, 0.3) is 0 Å². The maximum absolute atomic E-state index is 10.1. The maximum Gasteiger partial charge on any atom is 0.148 e. The summed E-state index contributed by atoms with van der Waals surface area (Å²) in [5.41, 5.74) is 2.40. The van der Waals surface area contributed by atoms with Gasteiger partial charge in [-0.15, -0.1) is 0 Å². The van der Waals surface area contributed by atoms with Crippen molar-refractivity contribution in [2.24, 2.45) is 0 Å². The van der Waals surface area contributed by atoms with Crippen molar-refractivity contribution < 1.29 is 9.84 Å². The average Bonchev–Trinajstić information content (AvgIpc) is 2.61. The van der Waals surface area contributed by atoms with E-state index < -0.39 is 6.10 Å². The lowest BCUT2D eigenvalue weighted by Gasteiger charge is -2.15. The van der Waals surface area contributed by atoms with Gasteiger partial charge in [0.15, 0.2) is 0 Å². The molecule has 130 valence electrons. The van der Waals surface area contributed by atoms with Gasteiger partial charge >= 0.3 is 0 Å². The van der Waals surface area contributed by atoms with Crippen molar-refractivity contribution in [1.82, 2.24) is 9.97 Å². The molecule has 2 N–H and O–H groups in total. The van der Waals surface area contributed by atoms with Crippen molar-refractivity contribution in [2.45, 2.75) is 13.0 Å². The van der Waals surface area contributed by atoms with Gasteiger partial charge in [0.05, 0.1) is 21.7 Å². The first-order valence-electron chi connectivity index (χ1n) is 7.76. The Kier molecular flexibility index (Phi) is 5.58. The summed E-state index contributed by atoms with van der Waals surface area (Å²) in [6.45, 7) is 2.22. The lowest BCUT2D eigenvalue weighted by atomic mass is 10.3. The monoisotopic (exact) mass is 377 g/mol. The fourth-order valence-electron chi connectivity index (χ4n) is 2.31. The van der Waals surface area contributed by atoms with Gasteiger partial charge in [0.1, 0.15) is 29.3 Å². The van der Waals surface area contributed by atoms with Crippen molar-refractivity contribution in [3.63, 3.8) is 0 Å². The summed E-state index contributed by atoms with van der Waals surface area (Å²) in [5.74, 6) is 1.08. The SMILES string of the molecule is Cc1nc2ccccc2nc1NCC(O)COc1cccc(Cl)c1Cl. The highest BCUT2D eigenvalue weighted by Gasteiger charge is 2.11. The number of aromatic nitrogens is 2. The number of hydrogen-bond acceptors (Lipinski definition) is 5. The van der Waals surface area contributed by atoms with Crippen LogP contribution in [0, 0.1) is 6.92 Å². The van der Waals surface area contributed by atoms with Gasteiger partial charge in [-0.1, -0.05) is 41.4 Å². The first-order valence-corrected chi connectivity index (χ1v) is 8.52. The fraction of sp³-hybridized carbons (Fsp3) is 0.222. The Morgan fingerprint density at radius 3 is 2.56 bits per heavy atom. The quantitative estimate of drug-likeness (QED) is 0.676. The molecule has 5 nitrogen and oxygen atoms in total. The zero-order valence-electron chi connectivity index (χ0n) is 13.5. The van der Waals surface area contributed by atoms with Crippen LogP contribution in [0.1, 0.15) is 5.69 Å². The van der Waals surface area contributed by atoms with Crippen LogP contribution in [0.15, 0.2) is 42.5 Å². The summed E-state index contributed by atoms with van der Waals surface area (Å²) in [6.07, 6.45) is -0.747. The van der Waals surface area contributed by atoms with Crippen molar-refractivity contribution >= 4 is 40.1 Å². The molecular formula is C18H17Cl2N3O2. The van der Waals surface area contributed by atoms with Gasteiger partial charge in [0.2, 0.25) is 0 Å². The Bertz CT molecular complexity index is 889. The molecule has 0 amide bonds. The fourth-order valence-corrected chi connectivity index (χ4v) is 2.66. The minimum absolute atomic E-state index is 0.0765. The summed E-state index contributed by atoms with van der Waals surface area (Å²) >= 11 is 12.0. The molecule has 0 radical (unpaired) electrons. The molecule has 1 unspecified atom stereocenters. The van der Waals surface area contributed by atoms with Crippen molar-refractivity contribution in [3.8, 4) is 5.75 Å². The smallest absolute Gasteiger partial charge is 0.148 e.